The Labute approximate surface area is 134 Å². The third-order valence-electron chi connectivity index (χ3n) is 3.55. The van der Waals surface area contributed by atoms with Crippen molar-refractivity contribution in [1.29, 1.82) is 0 Å². The molecule has 0 fully saturated rings. The van der Waals surface area contributed by atoms with Gasteiger partial charge in [0.05, 0.1) is 12.0 Å². The van der Waals surface area contributed by atoms with Crippen LogP contribution in [0.4, 0.5) is 11.4 Å². The Morgan fingerprint density at radius 3 is 2.26 bits per heavy atom. The fourth-order valence-corrected chi connectivity index (χ4v) is 2.54. The summed E-state index contributed by atoms with van der Waals surface area (Å²) in [5, 5.41) is 13.9. The minimum Gasteiger partial charge on any atom is -0.490 e. The van der Waals surface area contributed by atoms with Crippen molar-refractivity contribution in [3.8, 4) is 5.75 Å². The van der Waals surface area contributed by atoms with E-state index < -0.39 is 10.8 Å². The second-order valence-corrected chi connectivity index (χ2v) is 5.37. The molecule has 0 saturated carbocycles. The number of benzene rings is 2. The molecule has 0 atom stereocenters. The Hall–Kier alpha value is -2.89. The summed E-state index contributed by atoms with van der Waals surface area (Å²) in [6.07, 6.45) is 0. The molecule has 2 aromatic carbocycles. The highest BCUT2D eigenvalue weighted by Crippen LogP contribution is 2.28. The van der Waals surface area contributed by atoms with Gasteiger partial charge in [-0.25, -0.2) is 0 Å². The number of anilines is 1. The molecule has 0 aliphatic rings. The zero-order valence-electron chi connectivity index (χ0n) is 13.5. The summed E-state index contributed by atoms with van der Waals surface area (Å²) in [5.41, 5.74) is 3.68. The van der Waals surface area contributed by atoms with E-state index >= 15 is 0 Å². The van der Waals surface area contributed by atoms with Crippen LogP contribution >= 0.6 is 0 Å². The van der Waals surface area contributed by atoms with Crippen molar-refractivity contribution in [2.24, 2.45) is 0 Å². The molecule has 0 aliphatic heterocycles. The Morgan fingerprint density at radius 1 is 1.13 bits per heavy atom. The van der Waals surface area contributed by atoms with E-state index in [1.54, 1.807) is 0 Å². The van der Waals surface area contributed by atoms with E-state index in [4.69, 9.17) is 4.74 Å². The van der Waals surface area contributed by atoms with Gasteiger partial charge in [-0.3, -0.25) is 14.9 Å². The number of hydrogen-bond donors (Lipinski definition) is 1. The van der Waals surface area contributed by atoms with Gasteiger partial charge in [-0.2, -0.15) is 0 Å². The number of nitrogens with one attached hydrogen (secondary N) is 1. The molecule has 0 saturated heterocycles. The number of nitrogens with zero attached hydrogens (tertiary/aromatic N) is 1. The summed E-state index contributed by atoms with van der Waals surface area (Å²) < 4.78 is 4.94. The highest BCUT2D eigenvalue weighted by atomic mass is 16.6. The number of nitro benzene ring substituents is 1. The number of ether oxygens (including phenoxy) is 1. The fraction of sp³-hybridized carbons (Fsp3) is 0.235. The topological polar surface area (TPSA) is 81.5 Å². The molecule has 2 aromatic rings. The van der Waals surface area contributed by atoms with Gasteiger partial charge in [0.15, 0.2) is 5.75 Å². The van der Waals surface area contributed by atoms with Gasteiger partial charge in [0.25, 0.3) is 5.91 Å². The van der Waals surface area contributed by atoms with Crippen LogP contribution in [0.15, 0.2) is 30.3 Å². The van der Waals surface area contributed by atoms with Crippen molar-refractivity contribution in [1.82, 2.24) is 0 Å². The van der Waals surface area contributed by atoms with Gasteiger partial charge in [-0.05, 0) is 44.0 Å². The Balaban J connectivity index is 2.35. The summed E-state index contributed by atoms with van der Waals surface area (Å²) in [5.74, 6) is -0.278. The Morgan fingerprint density at radius 2 is 1.74 bits per heavy atom. The lowest BCUT2D eigenvalue weighted by Crippen LogP contribution is -2.14. The molecule has 23 heavy (non-hydrogen) atoms. The minimum atomic E-state index is -0.571. The van der Waals surface area contributed by atoms with Gasteiger partial charge in [-0.1, -0.05) is 17.7 Å². The van der Waals surface area contributed by atoms with Crippen LogP contribution in [-0.4, -0.2) is 17.9 Å². The second kappa shape index (κ2) is 6.48. The molecule has 6 heteroatoms. The van der Waals surface area contributed by atoms with Crippen molar-refractivity contribution >= 4 is 17.3 Å². The first-order valence-corrected chi connectivity index (χ1v) is 7.05. The molecular formula is C17H18N2O4. The first kappa shape index (κ1) is 16.5. The lowest BCUT2D eigenvalue weighted by atomic mass is 10.0. The van der Waals surface area contributed by atoms with Crippen LogP contribution in [0.3, 0.4) is 0 Å². The number of amides is 1. The number of carbonyl (C=O) groups excluding carboxylic acids is 1. The van der Waals surface area contributed by atoms with Crippen LogP contribution in [-0.2, 0) is 0 Å². The van der Waals surface area contributed by atoms with E-state index in [1.807, 2.05) is 32.9 Å². The van der Waals surface area contributed by atoms with Gasteiger partial charge in [0.2, 0.25) is 0 Å². The van der Waals surface area contributed by atoms with E-state index in [9.17, 15) is 14.9 Å². The van der Waals surface area contributed by atoms with E-state index in [0.717, 1.165) is 22.4 Å². The van der Waals surface area contributed by atoms with Gasteiger partial charge in [-0.15, -0.1) is 0 Å². The second-order valence-electron chi connectivity index (χ2n) is 5.37. The first-order chi connectivity index (χ1) is 10.8. The number of rotatable bonds is 4. The smallest absolute Gasteiger partial charge is 0.311 e. The maximum Gasteiger partial charge on any atom is 0.311 e. The van der Waals surface area contributed by atoms with Crippen molar-refractivity contribution in [2.45, 2.75) is 20.8 Å². The van der Waals surface area contributed by atoms with Gasteiger partial charge < -0.3 is 10.1 Å². The van der Waals surface area contributed by atoms with Crippen LogP contribution in [0.2, 0.25) is 0 Å². The SMILES string of the molecule is COc1ccc(C(=O)Nc2c(C)cc(C)cc2C)cc1[N+](=O)[O-]. The van der Waals surface area contributed by atoms with Crippen molar-refractivity contribution in [2.75, 3.05) is 12.4 Å². The van der Waals surface area contributed by atoms with Crippen LogP contribution < -0.4 is 10.1 Å². The normalized spacial score (nSPS) is 10.3. The van der Waals surface area contributed by atoms with E-state index in [2.05, 4.69) is 5.32 Å². The predicted octanol–water partition coefficient (Wildman–Crippen LogP) is 3.78. The molecule has 0 radical (unpaired) electrons. The van der Waals surface area contributed by atoms with Crippen molar-refractivity contribution in [3.63, 3.8) is 0 Å². The molecule has 0 aromatic heterocycles. The predicted molar refractivity (Wildman–Crippen MR) is 88.3 cm³/mol. The molecular weight excluding hydrogens is 296 g/mol. The van der Waals surface area contributed by atoms with Crippen LogP contribution in [0, 0.1) is 30.9 Å². The quantitative estimate of drug-likeness (QED) is 0.687. The molecule has 0 heterocycles. The molecule has 120 valence electrons. The van der Waals surface area contributed by atoms with Gasteiger partial charge in [0.1, 0.15) is 0 Å². The molecule has 0 bridgehead atoms. The highest BCUT2D eigenvalue weighted by Gasteiger charge is 2.19. The maximum absolute atomic E-state index is 12.4. The molecule has 6 nitrogen and oxygen atoms in total. The standard InChI is InChI=1S/C17H18N2O4/c1-10-7-11(2)16(12(3)8-10)18-17(20)13-5-6-15(23-4)14(9-13)19(21)22/h5-9H,1-4H3,(H,18,20). The number of methoxy groups -OCH3 is 1. The summed E-state index contributed by atoms with van der Waals surface area (Å²) in [7, 11) is 1.35. The van der Waals surface area contributed by atoms with E-state index in [1.165, 1.54) is 25.3 Å². The summed E-state index contributed by atoms with van der Waals surface area (Å²) in [4.78, 5) is 22.9. The van der Waals surface area contributed by atoms with Crippen molar-refractivity contribution < 1.29 is 14.5 Å². The third-order valence-corrected chi connectivity index (χ3v) is 3.55. The Bertz CT molecular complexity index is 761. The number of hydrogen-bond acceptors (Lipinski definition) is 4. The number of carbonyl (C=O) groups is 1. The molecule has 1 N–H and O–H groups in total. The molecule has 0 spiro atoms. The number of nitro groups is 1. The maximum atomic E-state index is 12.4. The summed E-state index contributed by atoms with van der Waals surface area (Å²) in [6, 6.07) is 8.08. The van der Waals surface area contributed by atoms with Crippen LogP contribution in [0.5, 0.6) is 5.75 Å². The molecule has 1 amide bonds. The molecule has 2 rings (SSSR count). The van der Waals surface area contributed by atoms with Gasteiger partial charge in [0, 0.05) is 17.3 Å². The van der Waals surface area contributed by atoms with E-state index in [0.29, 0.717) is 0 Å². The highest BCUT2D eigenvalue weighted by molar-refractivity contribution is 6.05. The van der Waals surface area contributed by atoms with E-state index in [-0.39, 0.29) is 17.0 Å². The van der Waals surface area contributed by atoms with Gasteiger partial charge >= 0.3 is 5.69 Å². The lowest BCUT2D eigenvalue weighted by molar-refractivity contribution is -0.385. The number of aryl methyl sites for hydroxylation is 3. The molecule has 0 unspecified atom stereocenters. The lowest BCUT2D eigenvalue weighted by Gasteiger charge is -2.13. The van der Waals surface area contributed by atoms with Crippen LogP contribution in [0.25, 0.3) is 0 Å². The molecule has 0 aliphatic carbocycles. The summed E-state index contributed by atoms with van der Waals surface area (Å²) >= 11 is 0. The minimum absolute atomic E-state index is 0.120. The monoisotopic (exact) mass is 314 g/mol. The first-order valence-electron chi connectivity index (χ1n) is 7.05. The third kappa shape index (κ3) is 3.48. The zero-order valence-corrected chi connectivity index (χ0v) is 13.5. The fourth-order valence-electron chi connectivity index (χ4n) is 2.54. The van der Waals surface area contributed by atoms with Crippen molar-refractivity contribution in [3.05, 3.63) is 62.7 Å². The Kier molecular flexibility index (Phi) is 4.64. The average molecular weight is 314 g/mol. The zero-order chi connectivity index (χ0) is 17.1. The largest absolute Gasteiger partial charge is 0.490 e. The summed E-state index contributed by atoms with van der Waals surface area (Å²) in [6.45, 7) is 5.80. The average Bonchev–Trinajstić information content (AvgIpc) is 2.49. The van der Waals surface area contributed by atoms with Crippen LogP contribution in [0.1, 0.15) is 27.0 Å².